The number of carbonyl (C=O) groups is 1. The van der Waals surface area contributed by atoms with Gasteiger partial charge in [0.1, 0.15) is 5.82 Å². The molecule has 3 nitrogen and oxygen atoms in total. The summed E-state index contributed by atoms with van der Waals surface area (Å²) in [7, 11) is 0. The molecule has 4 heteroatoms. The van der Waals surface area contributed by atoms with Crippen LogP contribution in [0.15, 0.2) is 24.3 Å². The Morgan fingerprint density at radius 3 is 2.43 bits per heavy atom. The van der Waals surface area contributed by atoms with Gasteiger partial charge in [0.25, 0.3) is 5.91 Å². The third kappa shape index (κ3) is 3.43. The highest BCUT2D eigenvalue weighted by molar-refractivity contribution is 5.94. The Hall–Kier alpha value is -1.42. The highest BCUT2D eigenvalue weighted by atomic mass is 19.1. The summed E-state index contributed by atoms with van der Waals surface area (Å²) in [6, 6.07) is 6.71. The van der Waals surface area contributed by atoms with Crippen molar-refractivity contribution in [1.29, 1.82) is 0 Å². The first kappa shape index (κ1) is 14.5. The molecule has 0 atom stereocenters. The van der Waals surface area contributed by atoms with Gasteiger partial charge in [-0.3, -0.25) is 9.69 Å². The third-order valence-corrected chi connectivity index (χ3v) is 4.76. The predicted octanol–water partition coefficient (Wildman–Crippen LogP) is 2.92. The molecule has 1 aromatic rings. The van der Waals surface area contributed by atoms with E-state index in [1.807, 2.05) is 4.90 Å². The quantitative estimate of drug-likeness (QED) is 0.836. The van der Waals surface area contributed by atoms with Crippen LogP contribution in [0.3, 0.4) is 0 Å². The first-order chi connectivity index (χ1) is 10.2. The average Bonchev–Trinajstić information content (AvgIpc) is 2.55. The van der Waals surface area contributed by atoms with Crippen LogP contribution in [0.25, 0.3) is 0 Å². The topological polar surface area (TPSA) is 23.6 Å². The Bertz CT molecular complexity index is 491. The van der Waals surface area contributed by atoms with E-state index in [0.29, 0.717) is 11.6 Å². The van der Waals surface area contributed by atoms with Crippen LogP contribution in [-0.2, 0) is 0 Å². The minimum absolute atomic E-state index is 0.0437. The molecule has 21 heavy (non-hydrogen) atoms. The van der Waals surface area contributed by atoms with Crippen LogP contribution in [0.1, 0.15) is 42.5 Å². The summed E-state index contributed by atoms with van der Waals surface area (Å²) in [5.41, 5.74) is 0.459. The van der Waals surface area contributed by atoms with Crippen LogP contribution in [-0.4, -0.2) is 47.9 Å². The van der Waals surface area contributed by atoms with Gasteiger partial charge in [0.05, 0.1) is 0 Å². The number of rotatable bonds is 2. The van der Waals surface area contributed by atoms with Crippen LogP contribution in [0.4, 0.5) is 4.39 Å². The Balaban J connectivity index is 1.56. The maximum Gasteiger partial charge on any atom is 0.254 e. The molecule has 2 aliphatic rings. The largest absolute Gasteiger partial charge is 0.336 e. The molecule has 0 radical (unpaired) electrons. The first-order valence-corrected chi connectivity index (χ1v) is 8.03. The van der Waals surface area contributed by atoms with Gasteiger partial charge in [-0.15, -0.1) is 0 Å². The number of carbonyl (C=O) groups excluding carboxylic acids is 1. The van der Waals surface area contributed by atoms with Gasteiger partial charge in [0, 0.05) is 37.8 Å². The fraction of sp³-hybridized carbons (Fsp3) is 0.588. The number of halogens is 1. The molecule has 0 unspecified atom stereocenters. The highest BCUT2D eigenvalue weighted by Gasteiger charge is 2.27. The maximum absolute atomic E-state index is 13.2. The first-order valence-electron chi connectivity index (χ1n) is 8.03. The number of piperazine rings is 1. The lowest BCUT2D eigenvalue weighted by molar-refractivity contribution is 0.0523. The molecule has 0 aromatic heterocycles. The second-order valence-corrected chi connectivity index (χ2v) is 6.13. The van der Waals surface area contributed by atoms with E-state index < -0.39 is 0 Å². The van der Waals surface area contributed by atoms with Crippen molar-refractivity contribution in [3.8, 4) is 0 Å². The minimum Gasteiger partial charge on any atom is -0.336 e. The Kier molecular flexibility index (Phi) is 4.54. The molecule has 1 saturated carbocycles. The summed E-state index contributed by atoms with van der Waals surface area (Å²) in [5.74, 6) is -0.389. The van der Waals surface area contributed by atoms with E-state index in [1.165, 1.54) is 44.2 Å². The number of hydrogen-bond acceptors (Lipinski definition) is 2. The average molecular weight is 290 g/mol. The molecule has 2 fully saturated rings. The monoisotopic (exact) mass is 290 g/mol. The van der Waals surface area contributed by atoms with Crippen molar-refractivity contribution in [1.82, 2.24) is 9.80 Å². The van der Waals surface area contributed by atoms with Crippen molar-refractivity contribution in [3.05, 3.63) is 35.6 Å². The molecule has 1 aliphatic carbocycles. The highest BCUT2D eigenvalue weighted by Crippen LogP contribution is 2.23. The van der Waals surface area contributed by atoms with Crippen LogP contribution in [0.2, 0.25) is 0 Å². The van der Waals surface area contributed by atoms with E-state index in [4.69, 9.17) is 0 Å². The third-order valence-electron chi connectivity index (χ3n) is 4.76. The molecule has 114 valence electrons. The van der Waals surface area contributed by atoms with Crippen molar-refractivity contribution < 1.29 is 9.18 Å². The Morgan fingerprint density at radius 2 is 1.76 bits per heavy atom. The summed E-state index contributed by atoms with van der Waals surface area (Å²) >= 11 is 0. The number of hydrogen-bond donors (Lipinski definition) is 0. The van der Waals surface area contributed by atoms with E-state index >= 15 is 0 Å². The Morgan fingerprint density at radius 1 is 1.05 bits per heavy atom. The van der Waals surface area contributed by atoms with Gasteiger partial charge < -0.3 is 4.90 Å². The standard InChI is InChI=1S/C17H23FN2O/c18-15-6-4-5-14(13-15)17(21)20-11-9-19(10-12-20)16-7-2-1-3-8-16/h4-6,13,16H,1-3,7-12H2. The summed E-state index contributed by atoms with van der Waals surface area (Å²) in [5, 5.41) is 0. The van der Waals surface area contributed by atoms with Gasteiger partial charge in [-0.1, -0.05) is 25.3 Å². The molecule has 1 amide bonds. The molecule has 3 rings (SSSR count). The van der Waals surface area contributed by atoms with E-state index in [0.717, 1.165) is 26.2 Å². The molecule has 1 aromatic carbocycles. The minimum atomic E-state index is -0.346. The van der Waals surface area contributed by atoms with Gasteiger partial charge >= 0.3 is 0 Å². The summed E-state index contributed by atoms with van der Waals surface area (Å²) in [6.07, 6.45) is 6.66. The van der Waals surface area contributed by atoms with Crippen LogP contribution < -0.4 is 0 Å². The molecule has 0 bridgehead atoms. The second kappa shape index (κ2) is 6.56. The van der Waals surface area contributed by atoms with E-state index in [2.05, 4.69) is 4.90 Å². The molecule has 1 heterocycles. The molecular weight excluding hydrogens is 267 g/mol. The number of benzene rings is 1. The van der Waals surface area contributed by atoms with Crippen LogP contribution in [0.5, 0.6) is 0 Å². The lowest BCUT2D eigenvalue weighted by Gasteiger charge is -2.40. The summed E-state index contributed by atoms with van der Waals surface area (Å²) < 4.78 is 13.2. The summed E-state index contributed by atoms with van der Waals surface area (Å²) in [4.78, 5) is 16.8. The number of nitrogens with zero attached hydrogens (tertiary/aromatic N) is 2. The maximum atomic E-state index is 13.2. The Labute approximate surface area is 125 Å². The van der Waals surface area contributed by atoms with Crippen LogP contribution in [0, 0.1) is 5.82 Å². The van der Waals surface area contributed by atoms with E-state index in [1.54, 1.807) is 12.1 Å². The zero-order chi connectivity index (χ0) is 14.7. The van der Waals surface area contributed by atoms with Gasteiger partial charge in [-0.25, -0.2) is 4.39 Å². The lowest BCUT2D eigenvalue weighted by atomic mass is 9.94. The van der Waals surface area contributed by atoms with Crippen molar-refractivity contribution in [2.24, 2.45) is 0 Å². The normalized spacial score (nSPS) is 21.5. The van der Waals surface area contributed by atoms with Crippen molar-refractivity contribution >= 4 is 5.91 Å². The van der Waals surface area contributed by atoms with Crippen LogP contribution >= 0.6 is 0 Å². The molecule has 1 saturated heterocycles. The van der Waals surface area contributed by atoms with Gasteiger partial charge in [0.15, 0.2) is 0 Å². The van der Waals surface area contributed by atoms with Crippen molar-refractivity contribution in [2.75, 3.05) is 26.2 Å². The van der Waals surface area contributed by atoms with E-state index in [-0.39, 0.29) is 11.7 Å². The second-order valence-electron chi connectivity index (χ2n) is 6.13. The van der Waals surface area contributed by atoms with Crippen molar-refractivity contribution in [3.63, 3.8) is 0 Å². The smallest absolute Gasteiger partial charge is 0.254 e. The molecule has 1 aliphatic heterocycles. The van der Waals surface area contributed by atoms with E-state index in [9.17, 15) is 9.18 Å². The van der Waals surface area contributed by atoms with Crippen molar-refractivity contribution in [2.45, 2.75) is 38.1 Å². The fourth-order valence-corrected chi connectivity index (χ4v) is 3.54. The molecular formula is C17H23FN2O. The zero-order valence-electron chi connectivity index (χ0n) is 12.4. The zero-order valence-corrected chi connectivity index (χ0v) is 12.4. The molecule has 0 spiro atoms. The SMILES string of the molecule is O=C(c1cccc(F)c1)N1CCN(C2CCCCC2)CC1. The van der Waals surface area contributed by atoms with Gasteiger partial charge in [-0.2, -0.15) is 0 Å². The van der Waals surface area contributed by atoms with Gasteiger partial charge in [0.2, 0.25) is 0 Å². The molecule has 0 N–H and O–H groups in total. The summed E-state index contributed by atoms with van der Waals surface area (Å²) in [6.45, 7) is 3.41. The fourth-order valence-electron chi connectivity index (χ4n) is 3.54. The lowest BCUT2D eigenvalue weighted by Crippen LogP contribution is -2.52. The number of amides is 1. The predicted molar refractivity (Wildman–Crippen MR) is 80.7 cm³/mol. The van der Waals surface area contributed by atoms with Gasteiger partial charge in [-0.05, 0) is 31.0 Å².